The molecule has 0 N–H and O–H groups in total. The highest BCUT2D eigenvalue weighted by atomic mass is 19.1. The highest BCUT2D eigenvalue weighted by Gasteiger charge is 2.29. The normalized spacial score (nSPS) is 11.7. The summed E-state index contributed by atoms with van der Waals surface area (Å²) in [6.45, 7) is 3.74. The molecule has 0 aliphatic rings. The van der Waals surface area contributed by atoms with Gasteiger partial charge in [-0.3, -0.25) is 9.59 Å². The predicted octanol–water partition coefficient (Wildman–Crippen LogP) is 2.71. The molecule has 1 atom stereocenters. The van der Waals surface area contributed by atoms with E-state index in [0.29, 0.717) is 12.8 Å². The van der Waals surface area contributed by atoms with Crippen LogP contribution in [0.3, 0.4) is 0 Å². The van der Waals surface area contributed by atoms with E-state index in [1.165, 1.54) is 24.3 Å². The number of carbonyl (C=O) groups is 2. The first-order valence-corrected chi connectivity index (χ1v) is 6.22. The first-order chi connectivity index (χ1) is 9.08. The minimum absolute atomic E-state index is 0.205. The fraction of sp³-hybridized carbons (Fsp3) is 0.429. The molecule has 1 aromatic rings. The largest absolute Gasteiger partial charge is 0.465 e. The second kappa shape index (κ2) is 7.51. The lowest BCUT2D eigenvalue weighted by molar-refractivity contribution is -0.157. The Labute approximate surface area is 111 Å². The van der Waals surface area contributed by atoms with Gasteiger partial charge >= 0.3 is 11.9 Å². The summed E-state index contributed by atoms with van der Waals surface area (Å²) in [5.41, 5.74) is 0. The molecule has 0 aliphatic heterocycles. The quantitative estimate of drug-likeness (QED) is 0.452. The van der Waals surface area contributed by atoms with Gasteiger partial charge in [0.05, 0.1) is 6.61 Å². The molecule has 0 aliphatic carbocycles. The molecule has 0 heterocycles. The van der Waals surface area contributed by atoms with Crippen LogP contribution in [0.1, 0.15) is 26.7 Å². The van der Waals surface area contributed by atoms with Gasteiger partial charge in [0.25, 0.3) is 0 Å². The Morgan fingerprint density at radius 2 is 1.79 bits per heavy atom. The van der Waals surface area contributed by atoms with Crippen LogP contribution in [0.25, 0.3) is 0 Å². The molecule has 1 unspecified atom stereocenters. The third-order valence-corrected chi connectivity index (χ3v) is 2.47. The van der Waals surface area contributed by atoms with Crippen molar-refractivity contribution in [3.8, 4) is 5.75 Å². The number of hydrogen-bond acceptors (Lipinski definition) is 4. The Morgan fingerprint density at radius 1 is 1.16 bits per heavy atom. The monoisotopic (exact) mass is 268 g/mol. The van der Waals surface area contributed by atoms with Gasteiger partial charge in [0.15, 0.2) is 5.92 Å². The zero-order valence-electron chi connectivity index (χ0n) is 11.0. The molecular formula is C14H17FO4. The van der Waals surface area contributed by atoms with Gasteiger partial charge < -0.3 is 9.47 Å². The second-order valence-electron chi connectivity index (χ2n) is 3.97. The summed E-state index contributed by atoms with van der Waals surface area (Å²) < 4.78 is 22.6. The molecule has 0 saturated carbocycles. The fourth-order valence-corrected chi connectivity index (χ4v) is 1.55. The van der Waals surface area contributed by atoms with Crippen LogP contribution in [-0.4, -0.2) is 18.5 Å². The van der Waals surface area contributed by atoms with Crippen molar-refractivity contribution in [1.29, 1.82) is 0 Å². The fourth-order valence-electron chi connectivity index (χ4n) is 1.55. The first kappa shape index (κ1) is 15.1. The first-order valence-electron chi connectivity index (χ1n) is 6.22. The van der Waals surface area contributed by atoms with Gasteiger partial charge in [0.1, 0.15) is 11.6 Å². The standard InChI is InChI=1S/C14H17FO4/c1-3-5-12(13(16)18-4-2)14(17)19-11-8-6-10(15)7-9-11/h6-9,12H,3-5H2,1-2H3. The van der Waals surface area contributed by atoms with E-state index in [4.69, 9.17) is 9.47 Å². The van der Waals surface area contributed by atoms with Crippen molar-refractivity contribution in [2.45, 2.75) is 26.7 Å². The van der Waals surface area contributed by atoms with Crippen LogP contribution in [-0.2, 0) is 14.3 Å². The van der Waals surface area contributed by atoms with Gasteiger partial charge in [-0.1, -0.05) is 13.3 Å². The molecule has 4 nitrogen and oxygen atoms in total. The van der Waals surface area contributed by atoms with Crippen LogP contribution < -0.4 is 4.74 Å². The van der Waals surface area contributed by atoms with E-state index in [2.05, 4.69) is 0 Å². The van der Waals surface area contributed by atoms with Gasteiger partial charge in [-0.15, -0.1) is 0 Å². The van der Waals surface area contributed by atoms with E-state index in [0.717, 1.165) is 0 Å². The predicted molar refractivity (Wildman–Crippen MR) is 67.1 cm³/mol. The Bertz CT molecular complexity index is 428. The third-order valence-electron chi connectivity index (χ3n) is 2.47. The lowest BCUT2D eigenvalue weighted by Gasteiger charge is -2.13. The van der Waals surface area contributed by atoms with Gasteiger partial charge in [0, 0.05) is 0 Å². The van der Waals surface area contributed by atoms with E-state index in [1.807, 2.05) is 6.92 Å². The lowest BCUT2D eigenvalue weighted by Crippen LogP contribution is -2.29. The molecule has 19 heavy (non-hydrogen) atoms. The van der Waals surface area contributed by atoms with Crippen LogP contribution in [0.15, 0.2) is 24.3 Å². The zero-order chi connectivity index (χ0) is 14.3. The number of ether oxygens (including phenoxy) is 2. The Balaban J connectivity index is 2.71. The summed E-state index contributed by atoms with van der Waals surface area (Å²) >= 11 is 0. The molecule has 0 aromatic heterocycles. The molecule has 1 rings (SSSR count). The SMILES string of the molecule is CCCC(C(=O)OCC)C(=O)Oc1ccc(F)cc1. The van der Waals surface area contributed by atoms with Gasteiger partial charge in [-0.05, 0) is 37.6 Å². The molecule has 0 spiro atoms. The average Bonchev–Trinajstić information content (AvgIpc) is 2.38. The summed E-state index contributed by atoms with van der Waals surface area (Å²) in [7, 11) is 0. The summed E-state index contributed by atoms with van der Waals surface area (Å²) in [5.74, 6) is -2.41. The van der Waals surface area contributed by atoms with Crippen LogP contribution in [0.5, 0.6) is 5.75 Å². The maximum absolute atomic E-state index is 12.7. The zero-order valence-corrected chi connectivity index (χ0v) is 11.0. The van der Waals surface area contributed by atoms with E-state index in [-0.39, 0.29) is 12.4 Å². The van der Waals surface area contributed by atoms with Crippen molar-refractivity contribution in [3.05, 3.63) is 30.1 Å². The molecular weight excluding hydrogens is 251 g/mol. The average molecular weight is 268 g/mol. The van der Waals surface area contributed by atoms with Crippen molar-refractivity contribution in [3.63, 3.8) is 0 Å². The Kier molecular flexibility index (Phi) is 5.99. The summed E-state index contributed by atoms with van der Waals surface area (Å²) in [6.07, 6.45) is 1.01. The van der Waals surface area contributed by atoms with E-state index < -0.39 is 23.7 Å². The number of hydrogen-bond donors (Lipinski definition) is 0. The Morgan fingerprint density at radius 3 is 2.32 bits per heavy atom. The lowest BCUT2D eigenvalue weighted by atomic mass is 10.0. The second-order valence-corrected chi connectivity index (χ2v) is 3.97. The van der Waals surface area contributed by atoms with E-state index >= 15 is 0 Å². The molecule has 0 fully saturated rings. The molecule has 0 bridgehead atoms. The maximum Gasteiger partial charge on any atom is 0.325 e. The minimum atomic E-state index is -0.935. The maximum atomic E-state index is 12.7. The molecule has 0 saturated heterocycles. The van der Waals surface area contributed by atoms with Gasteiger partial charge in [-0.2, -0.15) is 0 Å². The molecule has 1 aromatic carbocycles. The van der Waals surface area contributed by atoms with E-state index in [1.54, 1.807) is 6.92 Å². The van der Waals surface area contributed by atoms with Crippen molar-refractivity contribution in [2.75, 3.05) is 6.61 Å². The van der Waals surface area contributed by atoms with Gasteiger partial charge in [-0.25, -0.2) is 4.39 Å². The number of benzene rings is 1. The summed E-state index contributed by atoms with van der Waals surface area (Å²) in [5, 5.41) is 0. The van der Waals surface area contributed by atoms with Crippen molar-refractivity contribution < 1.29 is 23.5 Å². The summed E-state index contributed by atoms with van der Waals surface area (Å²) in [6, 6.07) is 5.03. The van der Waals surface area contributed by atoms with Crippen LogP contribution >= 0.6 is 0 Å². The van der Waals surface area contributed by atoms with Crippen LogP contribution in [0.4, 0.5) is 4.39 Å². The van der Waals surface area contributed by atoms with Crippen LogP contribution in [0.2, 0.25) is 0 Å². The van der Waals surface area contributed by atoms with Crippen molar-refractivity contribution in [2.24, 2.45) is 5.92 Å². The highest BCUT2D eigenvalue weighted by molar-refractivity contribution is 5.95. The number of rotatable bonds is 6. The van der Waals surface area contributed by atoms with E-state index in [9.17, 15) is 14.0 Å². The number of carbonyl (C=O) groups excluding carboxylic acids is 2. The van der Waals surface area contributed by atoms with Crippen molar-refractivity contribution >= 4 is 11.9 Å². The molecule has 0 amide bonds. The molecule has 5 heteroatoms. The molecule has 0 radical (unpaired) electrons. The minimum Gasteiger partial charge on any atom is -0.465 e. The number of esters is 2. The van der Waals surface area contributed by atoms with Crippen LogP contribution in [0, 0.1) is 11.7 Å². The van der Waals surface area contributed by atoms with Gasteiger partial charge in [0.2, 0.25) is 0 Å². The third kappa shape index (κ3) is 4.69. The highest BCUT2D eigenvalue weighted by Crippen LogP contribution is 2.16. The topological polar surface area (TPSA) is 52.6 Å². The smallest absolute Gasteiger partial charge is 0.325 e. The van der Waals surface area contributed by atoms with Crippen molar-refractivity contribution in [1.82, 2.24) is 0 Å². The Hall–Kier alpha value is -1.91. The number of halogens is 1. The molecule has 104 valence electrons. The summed E-state index contributed by atoms with van der Waals surface area (Å²) in [4.78, 5) is 23.5.